The van der Waals surface area contributed by atoms with Crippen molar-refractivity contribution in [1.29, 1.82) is 0 Å². The molecule has 0 fully saturated rings. The highest BCUT2D eigenvalue weighted by Gasteiger charge is 2.09. The normalized spacial score (nSPS) is 9.58. The number of aryl methyl sites for hydroxylation is 2. The van der Waals surface area contributed by atoms with Crippen molar-refractivity contribution in [2.75, 3.05) is 5.32 Å². The van der Waals surface area contributed by atoms with Crippen LogP contribution in [0.1, 0.15) is 16.7 Å². The van der Waals surface area contributed by atoms with Gasteiger partial charge in [-0.2, -0.15) is 4.99 Å². The van der Waals surface area contributed by atoms with Crippen LogP contribution in [-0.2, 0) is 6.61 Å². The van der Waals surface area contributed by atoms with Crippen molar-refractivity contribution in [1.82, 2.24) is 0 Å². The van der Waals surface area contributed by atoms with Crippen molar-refractivity contribution in [2.24, 2.45) is 16.5 Å². The zero-order valence-electron chi connectivity index (χ0n) is 13.6. The fourth-order valence-electron chi connectivity index (χ4n) is 2.20. The third kappa shape index (κ3) is 5.48. The molecule has 0 aliphatic heterocycles. The van der Waals surface area contributed by atoms with E-state index in [9.17, 15) is 4.79 Å². The Hall–Kier alpha value is -2.73. The standard InChI is InChI=1S/C17H20N4O2.ClH/c1-11-8-14(23-10-13-6-4-3-5-7-13)9-12(2)15(11)20-17(22)21-16(18)19;/h3-9H,10H2,1-2H3,(H5,18,19,20,21,22);1H. The number of halogens is 1. The third-order valence-corrected chi connectivity index (χ3v) is 3.22. The fourth-order valence-corrected chi connectivity index (χ4v) is 2.20. The van der Waals surface area contributed by atoms with Gasteiger partial charge < -0.3 is 21.5 Å². The monoisotopic (exact) mass is 348 g/mol. The lowest BCUT2D eigenvalue weighted by atomic mass is 10.1. The number of ether oxygens (including phenoxy) is 1. The average Bonchev–Trinajstić information content (AvgIpc) is 2.49. The maximum Gasteiger partial charge on any atom is 0.348 e. The van der Waals surface area contributed by atoms with Crippen LogP contribution in [0, 0.1) is 13.8 Å². The van der Waals surface area contributed by atoms with Crippen LogP contribution in [0.3, 0.4) is 0 Å². The predicted molar refractivity (Wildman–Crippen MR) is 98.8 cm³/mol. The van der Waals surface area contributed by atoms with Gasteiger partial charge >= 0.3 is 6.03 Å². The van der Waals surface area contributed by atoms with Crippen LogP contribution in [0.15, 0.2) is 47.5 Å². The maximum absolute atomic E-state index is 11.6. The molecule has 0 atom stereocenters. The summed E-state index contributed by atoms with van der Waals surface area (Å²) in [5, 5.41) is 2.67. The molecule has 24 heavy (non-hydrogen) atoms. The molecule has 2 aromatic rings. The summed E-state index contributed by atoms with van der Waals surface area (Å²) >= 11 is 0. The molecule has 0 spiro atoms. The highest BCUT2D eigenvalue weighted by molar-refractivity contribution is 5.99. The molecular formula is C17H21ClN4O2. The molecule has 0 aliphatic rings. The van der Waals surface area contributed by atoms with E-state index in [1.165, 1.54) is 0 Å². The highest BCUT2D eigenvalue weighted by Crippen LogP contribution is 2.27. The van der Waals surface area contributed by atoms with Gasteiger partial charge in [0.05, 0.1) is 0 Å². The van der Waals surface area contributed by atoms with E-state index in [0.717, 1.165) is 22.4 Å². The van der Waals surface area contributed by atoms with Crippen molar-refractivity contribution in [3.8, 4) is 5.75 Å². The second-order valence-electron chi connectivity index (χ2n) is 5.17. The van der Waals surface area contributed by atoms with Gasteiger partial charge in [-0.3, -0.25) is 0 Å². The summed E-state index contributed by atoms with van der Waals surface area (Å²) in [6.07, 6.45) is 0. The van der Waals surface area contributed by atoms with Crippen LogP contribution in [0.4, 0.5) is 10.5 Å². The molecule has 128 valence electrons. The number of anilines is 1. The molecule has 2 amide bonds. The summed E-state index contributed by atoms with van der Waals surface area (Å²) in [7, 11) is 0. The largest absolute Gasteiger partial charge is 0.489 e. The number of nitrogens with one attached hydrogen (secondary N) is 1. The molecule has 7 heteroatoms. The quantitative estimate of drug-likeness (QED) is 0.583. The number of carbonyl (C=O) groups is 1. The lowest BCUT2D eigenvalue weighted by molar-refractivity contribution is 0.259. The molecular weight excluding hydrogens is 328 g/mol. The number of urea groups is 1. The number of rotatable bonds is 4. The Balaban J connectivity index is 0.00000288. The average molecular weight is 349 g/mol. The van der Waals surface area contributed by atoms with E-state index in [4.69, 9.17) is 16.2 Å². The van der Waals surface area contributed by atoms with Gasteiger partial charge in [-0.15, -0.1) is 12.4 Å². The van der Waals surface area contributed by atoms with E-state index in [1.54, 1.807) is 0 Å². The Kier molecular flexibility index (Phi) is 7.07. The van der Waals surface area contributed by atoms with Gasteiger partial charge in [0.15, 0.2) is 5.96 Å². The summed E-state index contributed by atoms with van der Waals surface area (Å²) in [5.41, 5.74) is 13.9. The second kappa shape index (κ2) is 8.79. The first-order chi connectivity index (χ1) is 11.0. The number of benzene rings is 2. The van der Waals surface area contributed by atoms with Crippen LogP contribution >= 0.6 is 12.4 Å². The molecule has 6 nitrogen and oxygen atoms in total. The number of guanidine groups is 1. The van der Waals surface area contributed by atoms with Gasteiger partial charge in [-0.1, -0.05) is 30.3 Å². The fraction of sp³-hybridized carbons (Fsp3) is 0.176. The number of aliphatic imine (C=N–C) groups is 1. The van der Waals surface area contributed by atoms with E-state index in [2.05, 4.69) is 10.3 Å². The van der Waals surface area contributed by atoms with Gasteiger partial charge in [0.1, 0.15) is 12.4 Å². The molecule has 2 rings (SSSR count). The minimum absolute atomic E-state index is 0. The topological polar surface area (TPSA) is 103 Å². The first-order valence-electron chi connectivity index (χ1n) is 7.14. The molecule has 0 saturated carbocycles. The number of hydrogen-bond donors (Lipinski definition) is 3. The highest BCUT2D eigenvalue weighted by atomic mass is 35.5. The van der Waals surface area contributed by atoms with Crippen molar-refractivity contribution in [3.63, 3.8) is 0 Å². The molecule has 0 aromatic heterocycles. The SMILES string of the molecule is Cc1cc(OCc2ccccc2)cc(C)c1NC(=O)N=C(N)N.Cl. The summed E-state index contributed by atoms with van der Waals surface area (Å²) in [6.45, 7) is 4.25. The number of nitrogens with zero attached hydrogens (tertiary/aromatic N) is 1. The number of amides is 2. The predicted octanol–water partition coefficient (Wildman–Crippen LogP) is 3.11. The number of hydrogen-bond acceptors (Lipinski definition) is 2. The Labute approximate surface area is 147 Å². The lowest BCUT2D eigenvalue weighted by Crippen LogP contribution is -2.25. The minimum atomic E-state index is -0.603. The smallest absolute Gasteiger partial charge is 0.348 e. The van der Waals surface area contributed by atoms with E-state index in [-0.39, 0.29) is 18.4 Å². The first-order valence-corrected chi connectivity index (χ1v) is 7.14. The van der Waals surface area contributed by atoms with Crippen molar-refractivity contribution in [2.45, 2.75) is 20.5 Å². The molecule has 5 N–H and O–H groups in total. The van der Waals surface area contributed by atoms with Gasteiger partial charge in [0.2, 0.25) is 0 Å². The van der Waals surface area contributed by atoms with Gasteiger partial charge in [0, 0.05) is 5.69 Å². The maximum atomic E-state index is 11.6. The lowest BCUT2D eigenvalue weighted by Gasteiger charge is -2.13. The number of nitrogens with two attached hydrogens (primary N) is 2. The Morgan fingerprint density at radius 1 is 1.12 bits per heavy atom. The van der Waals surface area contributed by atoms with Crippen LogP contribution in [0.2, 0.25) is 0 Å². The van der Waals surface area contributed by atoms with Gasteiger partial charge in [-0.05, 0) is 42.7 Å². The Morgan fingerprint density at radius 2 is 1.71 bits per heavy atom. The van der Waals surface area contributed by atoms with E-state index in [1.807, 2.05) is 56.3 Å². The number of carbonyl (C=O) groups excluding carboxylic acids is 1. The molecule has 0 heterocycles. The van der Waals surface area contributed by atoms with Gasteiger partial charge in [-0.25, -0.2) is 4.79 Å². The van der Waals surface area contributed by atoms with E-state index < -0.39 is 6.03 Å². The summed E-state index contributed by atoms with van der Waals surface area (Å²) < 4.78 is 5.80. The molecule has 2 aromatic carbocycles. The van der Waals surface area contributed by atoms with Crippen LogP contribution in [-0.4, -0.2) is 12.0 Å². The van der Waals surface area contributed by atoms with Crippen LogP contribution in [0.25, 0.3) is 0 Å². The second-order valence-corrected chi connectivity index (χ2v) is 5.17. The molecule has 0 saturated heterocycles. The van der Waals surface area contributed by atoms with Crippen molar-refractivity contribution in [3.05, 3.63) is 59.2 Å². The zero-order valence-corrected chi connectivity index (χ0v) is 14.4. The van der Waals surface area contributed by atoms with Crippen LogP contribution in [0.5, 0.6) is 5.75 Å². The van der Waals surface area contributed by atoms with Crippen molar-refractivity contribution >= 4 is 30.1 Å². The third-order valence-electron chi connectivity index (χ3n) is 3.22. The zero-order chi connectivity index (χ0) is 16.8. The Morgan fingerprint density at radius 3 is 2.25 bits per heavy atom. The van der Waals surface area contributed by atoms with Gasteiger partial charge in [0.25, 0.3) is 0 Å². The van der Waals surface area contributed by atoms with E-state index >= 15 is 0 Å². The summed E-state index contributed by atoms with van der Waals surface area (Å²) in [5.74, 6) is 0.462. The first kappa shape index (κ1) is 19.3. The molecule has 0 aliphatic carbocycles. The van der Waals surface area contributed by atoms with E-state index in [0.29, 0.717) is 12.3 Å². The molecule has 0 radical (unpaired) electrons. The Bertz CT molecular complexity index is 706. The summed E-state index contributed by atoms with van der Waals surface area (Å²) in [4.78, 5) is 15.1. The molecule has 0 unspecified atom stereocenters. The van der Waals surface area contributed by atoms with Crippen molar-refractivity contribution < 1.29 is 9.53 Å². The molecule has 0 bridgehead atoms. The summed E-state index contributed by atoms with van der Waals surface area (Å²) in [6, 6.07) is 13.0. The minimum Gasteiger partial charge on any atom is -0.489 e. The van der Waals surface area contributed by atoms with Crippen LogP contribution < -0.4 is 21.5 Å².